The van der Waals surface area contributed by atoms with Gasteiger partial charge in [-0.05, 0) is 28.6 Å². The fourth-order valence-corrected chi connectivity index (χ4v) is 4.57. The number of H-pyrrole nitrogens is 1. The molecule has 2 atom stereocenters. The van der Waals surface area contributed by atoms with Gasteiger partial charge in [0.25, 0.3) is 0 Å². The van der Waals surface area contributed by atoms with Crippen molar-refractivity contribution in [3.05, 3.63) is 94.3 Å². The van der Waals surface area contributed by atoms with Crippen LogP contribution in [0.5, 0.6) is 0 Å². The number of rotatable bonds is 10. The predicted octanol–water partition coefficient (Wildman–Crippen LogP) is 3.31. The fraction of sp³-hybridized carbons (Fsp3) is 0.192. The van der Waals surface area contributed by atoms with Gasteiger partial charge < -0.3 is 20.7 Å². The number of hydrogen-bond donors (Lipinski definition) is 4. The smallest absolute Gasteiger partial charge is 0.326 e. The lowest BCUT2D eigenvalue weighted by molar-refractivity contribution is -0.142. The Morgan fingerprint density at radius 1 is 0.882 bits per heavy atom. The molecule has 2 amide bonds. The monoisotopic (exact) mass is 475 g/mol. The second kappa shape index (κ2) is 10.8. The lowest BCUT2D eigenvalue weighted by Gasteiger charge is -2.21. The summed E-state index contributed by atoms with van der Waals surface area (Å²) in [6.45, 7) is 0. The third-order valence-electron chi connectivity index (χ3n) is 5.56. The maximum atomic E-state index is 13.3. The Labute approximate surface area is 200 Å². The van der Waals surface area contributed by atoms with E-state index in [0.29, 0.717) is 0 Å². The first-order chi connectivity index (χ1) is 16.5. The average molecular weight is 476 g/mol. The van der Waals surface area contributed by atoms with Crippen molar-refractivity contribution in [3.8, 4) is 0 Å². The number of aliphatic carboxylic acids is 1. The molecule has 0 radical (unpaired) electrons. The summed E-state index contributed by atoms with van der Waals surface area (Å²) in [5.74, 6) is -1.96. The zero-order valence-electron chi connectivity index (χ0n) is 18.4. The molecule has 34 heavy (non-hydrogen) atoms. The molecule has 4 N–H and O–H groups in total. The Morgan fingerprint density at radius 2 is 1.65 bits per heavy atom. The van der Waals surface area contributed by atoms with E-state index in [1.807, 2.05) is 78.3 Å². The molecule has 0 bridgehead atoms. The first-order valence-corrected chi connectivity index (χ1v) is 11.8. The summed E-state index contributed by atoms with van der Waals surface area (Å²) in [4.78, 5) is 41.9. The van der Waals surface area contributed by atoms with Gasteiger partial charge in [-0.1, -0.05) is 54.6 Å². The van der Waals surface area contributed by atoms with Crippen molar-refractivity contribution in [3.63, 3.8) is 0 Å². The van der Waals surface area contributed by atoms with Gasteiger partial charge in [0.1, 0.15) is 12.1 Å². The van der Waals surface area contributed by atoms with Crippen LogP contribution in [0.1, 0.15) is 16.0 Å². The average Bonchev–Trinajstić information content (AvgIpc) is 3.49. The van der Waals surface area contributed by atoms with Gasteiger partial charge in [-0.3, -0.25) is 9.59 Å². The number of hydrogen-bond acceptors (Lipinski definition) is 4. The minimum atomic E-state index is -1.13. The van der Waals surface area contributed by atoms with Crippen LogP contribution in [-0.4, -0.2) is 40.0 Å². The lowest BCUT2D eigenvalue weighted by Crippen LogP contribution is -2.53. The first kappa shape index (κ1) is 23.3. The Hall–Kier alpha value is -3.91. The SMILES string of the molecule is O=C(Cc1cccs1)N[C@@H](Cc1c[nH]c2ccccc12)C(=O)N[C@@H](Cc1ccccc1)C(=O)O. The van der Waals surface area contributed by atoms with Gasteiger partial charge in [0, 0.05) is 34.8 Å². The van der Waals surface area contributed by atoms with E-state index in [1.54, 1.807) is 0 Å². The van der Waals surface area contributed by atoms with Crippen LogP contribution in [-0.2, 0) is 33.6 Å². The molecule has 0 spiro atoms. The third kappa shape index (κ3) is 5.90. The molecule has 2 heterocycles. The van der Waals surface area contributed by atoms with E-state index in [9.17, 15) is 19.5 Å². The normalized spacial score (nSPS) is 12.7. The first-order valence-electron chi connectivity index (χ1n) is 10.9. The molecule has 0 saturated heterocycles. The largest absolute Gasteiger partial charge is 0.480 e. The summed E-state index contributed by atoms with van der Waals surface area (Å²) in [6, 6.07) is 18.5. The van der Waals surface area contributed by atoms with E-state index in [4.69, 9.17) is 0 Å². The number of aromatic amines is 1. The second-order valence-corrected chi connectivity index (χ2v) is 9.06. The number of carboxylic acids is 1. The summed E-state index contributed by atoms with van der Waals surface area (Å²) in [7, 11) is 0. The van der Waals surface area contributed by atoms with Gasteiger partial charge in [-0.2, -0.15) is 0 Å². The molecule has 4 rings (SSSR count). The topological polar surface area (TPSA) is 111 Å². The maximum absolute atomic E-state index is 13.3. The zero-order valence-corrected chi connectivity index (χ0v) is 19.2. The zero-order chi connectivity index (χ0) is 23.9. The highest BCUT2D eigenvalue weighted by Gasteiger charge is 2.28. The van der Waals surface area contributed by atoms with Gasteiger partial charge in [0.15, 0.2) is 0 Å². The van der Waals surface area contributed by atoms with E-state index >= 15 is 0 Å². The molecular weight excluding hydrogens is 450 g/mol. The van der Waals surface area contributed by atoms with Crippen molar-refractivity contribution < 1.29 is 19.5 Å². The molecule has 0 unspecified atom stereocenters. The molecule has 8 heteroatoms. The molecule has 0 aliphatic carbocycles. The molecule has 0 fully saturated rings. The number of carboxylic acid groups (broad SMARTS) is 1. The van der Waals surface area contributed by atoms with Crippen molar-refractivity contribution in [1.29, 1.82) is 0 Å². The number of fused-ring (bicyclic) bond motifs is 1. The Bertz CT molecular complexity index is 1270. The van der Waals surface area contributed by atoms with Gasteiger partial charge in [0.05, 0.1) is 6.42 Å². The minimum absolute atomic E-state index is 0.144. The van der Waals surface area contributed by atoms with Crippen LogP contribution in [0.3, 0.4) is 0 Å². The molecule has 4 aromatic rings. The number of carbonyl (C=O) groups is 3. The summed E-state index contributed by atoms with van der Waals surface area (Å²) in [6.07, 6.45) is 2.34. The van der Waals surface area contributed by atoms with Crippen LogP contribution in [0.4, 0.5) is 0 Å². The van der Waals surface area contributed by atoms with E-state index in [-0.39, 0.29) is 25.2 Å². The van der Waals surface area contributed by atoms with Crippen LogP contribution in [0.2, 0.25) is 0 Å². The maximum Gasteiger partial charge on any atom is 0.326 e. The van der Waals surface area contributed by atoms with Crippen LogP contribution in [0.15, 0.2) is 78.3 Å². The molecule has 0 aliphatic rings. The number of para-hydroxylation sites is 1. The number of nitrogens with one attached hydrogen (secondary N) is 3. The second-order valence-electron chi connectivity index (χ2n) is 8.03. The van der Waals surface area contributed by atoms with Gasteiger partial charge in [0.2, 0.25) is 11.8 Å². The van der Waals surface area contributed by atoms with Gasteiger partial charge in [-0.15, -0.1) is 11.3 Å². The molecule has 0 saturated carbocycles. The van der Waals surface area contributed by atoms with E-state index in [1.165, 1.54) is 11.3 Å². The van der Waals surface area contributed by atoms with Gasteiger partial charge in [-0.25, -0.2) is 4.79 Å². The number of thiophene rings is 1. The predicted molar refractivity (Wildman–Crippen MR) is 132 cm³/mol. The third-order valence-corrected chi connectivity index (χ3v) is 6.44. The Balaban J connectivity index is 1.53. The van der Waals surface area contributed by atoms with Crippen LogP contribution in [0, 0.1) is 0 Å². The summed E-state index contributed by atoms with van der Waals surface area (Å²) in [5.41, 5.74) is 2.58. The van der Waals surface area contributed by atoms with Gasteiger partial charge >= 0.3 is 5.97 Å². The number of benzene rings is 2. The highest BCUT2D eigenvalue weighted by atomic mass is 32.1. The van der Waals surface area contributed by atoms with Crippen molar-refractivity contribution in [2.45, 2.75) is 31.3 Å². The van der Waals surface area contributed by atoms with Crippen molar-refractivity contribution in [2.75, 3.05) is 0 Å². The molecule has 7 nitrogen and oxygen atoms in total. The number of amides is 2. The van der Waals surface area contributed by atoms with Crippen molar-refractivity contribution >= 4 is 40.0 Å². The summed E-state index contributed by atoms with van der Waals surface area (Å²) >= 11 is 1.47. The quantitative estimate of drug-likeness (QED) is 0.282. The molecule has 2 aromatic carbocycles. The molecule has 174 valence electrons. The highest BCUT2D eigenvalue weighted by Crippen LogP contribution is 2.19. The summed E-state index contributed by atoms with van der Waals surface area (Å²) in [5, 5.41) is 18.0. The Kier molecular flexibility index (Phi) is 7.39. The van der Waals surface area contributed by atoms with E-state index < -0.39 is 24.0 Å². The lowest BCUT2D eigenvalue weighted by atomic mass is 10.0. The Morgan fingerprint density at radius 3 is 2.38 bits per heavy atom. The van der Waals surface area contributed by atoms with Crippen LogP contribution in [0.25, 0.3) is 10.9 Å². The standard InChI is InChI=1S/C26H25N3O4S/c30-24(15-19-9-6-12-34-19)28-22(14-18-16-27-21-11-5-4-10-20(18)21)25(31)29-23(26(32)33)13-17-7-2-1-3-8-17/h1-12,16,22-23,27H,13-15H2,(H,28,30)(H,29,31)(H,32,33)/t22-,23-/m0/s1. The van der Waals surface area contributed by atoms with E-state index in [0.717, 1.165) is 26.9 Å². The van der Waals surface area contributed by atoms with Crippen molar-refractivity contribution in [1.82, 2.24) is 15.6 Å². The van der Waals surface area contributed by atoms with E-state index in [2.05, 4.69) is 15.6 Å². The molecule has 2 aromatic heterocycles. The highest BCUT2D eigenvalue weighted by molar-refractivity contribution is 7.10. The van der Waals surface area contributed by atoms with Crippen LogP contribution < -0.4 is 10.6 Å². The minimum Gasteiger partial charge on any atom is -0.480 e. The molecular formula is C26H25N3O4S. The fourth-order valence-electron chi connectivity index (χ4n) is 3.87. The van der Waals surface area contributed by atoms with Crippen molar-refractivity contribution in [2.24, 2.45) is 0 Å². The number of aromatic nitrogens is 1. The molecule has 0 aliphatic heterocycles. The number of carbonyl (C=O) groups excluding carboxylic acids is 2. The van der Waals surface area contributed by atoms with Crippen LogP contribution >= 0.6 is 11.3 Å². The summed E-state index contributed by atoms with van der Waals surface area (Å²) < 4.78 is 0.